The molecule has 2 aliphatic rings. The third-order valence-corrected chi connectivity index (χ3v) is 11.4. The molecule has 61 heavy (non-hydrogen) atoms. The fourth-order valence-corrected chi connectivity index (χ4v) is 8.18. The Morgan fingerprint density at radius 3 is 2.49 bits per heavy atom. The summed E-state index contributed by atoms with van der Waals surface area (Å²) in [4.78, 5) is 84.4. The molecule has 19 nitrogen and oxygen atoms in total. The van der Waals surface area contributed by atoms with E-state index in [0.717, 1.165) is 52.5 Å². The second kappa shape index (κ2) is 20.8. The van der Waals surface area contributed by atoms with Crippen molar-refractivity contribution in [3.63, 3.8) is 0 Å². The summed E-state index contributed by atoms with van der Waals surface area (Å²) in [7, 11) is 1.44. The molecule has 2 amide bonds. The van der Waals surface area contributed by atoms with E-state index in [1.54, 1.807) is 17.4 Å². The Morgan fingerprint density at radius 2 is 1.74 bits per heavy atom. The number of amides is 2. The van der Waals surface area contributed by atoms with Crippen LogP contribution in [0.25, 0.3) is 21.5 Å². The first-order valence-electron chi connectivity index (χ1n) is 20.3. The molecule has 20 heteroatoms. The average Bonchev–Trinajstić information content (AvgIpc) is 3.95. The maximum absolute atomic E-state index is 13.4. The molecule has 0 saturated carbocycles. The third-order valence-electron chi connectivity index (χ3n) is 10.5. The largest absolute Gasteiger partial charge is 0.422 e. The molecule has 0 aliphatic carbocycles. The number of hydrogen-bond donors (Lipinski definition) is 4. The highest BCUT2D eigenvalue weighted by Crippen LogP contribution is 2.28. The lowest BCUT2D eigenvalue weighted by atomic mass is 9.96. The number of carbonyl (C=O) groups excluding carboxylic acids is 2. The van der Waals surface area contributed by atoms with E-state index in [4.69, 9.17) is 24.9 Å². The minimum absolute atomic E-state index is 0.128. The molecule has 2 aliphatic heterocycles. The predicted octanol–water partition coefficient (Wildman–Crippen LogP) is 1.29. The number of likely N-dealkylation sites (tertiary alicyclic amines) is 2. The third kappa shape index (κ3) is 11.4. The molecule has 0 bridgehead atoms. The van der Waals surface area contributed by atoms with Crippen LogP contribution < -0.4 is 33.3 Å². The number of thiophene rings is 1. The van der Waals surface area contributed by atoms with Crippen molar-refractivity contribution >= 4 is 40.0 Å². The van der Waals surface area contributed by atoms with Crippen molar-refractivity contribution < 1.29 is 28.2 Å². The molecule has 6 heterocycles. The molecule has 1 unspecified atom stereocenters. The van der Waals surface area contributed by atoms with Gasteiger partial charge in [-0.15, -0.1) is 11.3 Å². The molecule has 5 N–H and O–H groups in total. The number of nitrogens with one attached hydrogen (secondary N) is 3. The van der Waals surface area contributed by atoms with Gasteiger partial charge in [-0.05, 0) is 55.5 Å². The second-order valence-electron chi connectivity index (χ2n) is 15.0. The van der Waals surface area contributed by atoms with E-state index in [1.807, 2.05) is 29.9 Å². The lowest BCUT2D eigenvalue weighted by Gasteiger charge is -2.32. The fourth-order valence-electron chi connectivity index (χ4n) is 7.49. The van der Waals surface area contributed by atoms with Crippen LogP contribution in [-0.2, 0) is 32.6 Å². The Bertz CT molecular complexity index is 2440. The number of nitrogens with zero attached hydrogens (tertiary/aromatic N) is 6. The van der Waals surface area contributed by atoms with Crippen molar-refractivity contribution in [2.75, 3.05) is 77.7 Å². The van der Waals surface area contributed by atoms with Gasteiger partial charge in [-0.2, -0.15) is 0 Å². The lowest BCUT2D eigenvalue weighted by Crippen LogP contribution is -2.46. The smallest absolute Gasteiger partial charge is 0.377 e. The summed E-state index contributed by atoms with van der Waals surface area (Å²) >= 11 is 1.57. The van der Waals surface area contributed by atoms with Crippen LogP contribution in [0.2, 0.25) is 0 Å². The fraction of sp³-hybridized carbons (Fsp3) is 0.463. The van der Waals surface area contributed by atoms with Gasteiger partial charge in [0.25, 0.3) is 11.5 Å². The van der Waals surface area contributed by atoms with Gasteiger partial charge in [-0.1, -0.05) is 6.07 Å². The van der Waals surface area contributed by atoms with Crippen LogP contribution in [0.1, 0.15) is 46.9 Å². The maximum Gasteiger partial charge on any atom is 0.422 e. The molecule has 4 aromatic heterocycles. The Balaban J connectivity index is 0.723. The molecule has 3 atom stereocenters. The number of ether oxygens (including phenoxy) is 3. The Morgan fingerprint density at radius 1 is 0.984 bits per heavy atom. The quantitative estimate of drug-likeness (QED) is 0.0856. The molecule has 2 fully saturated rings. The normalized spacial score (nSPS) is 18.1. The molecule has 324 valence electrons. The zero-order valence-corrected chi connectivity index (χ0v) is 34.7. The number of aromatic nitrogens is 5. The van der Waals surface area contributed by atoms with E-state index in [-0.39, 0.29) is 59.6 Å². The van der Waals surface area contributed by atoms with Crippen molar-refractivity contribution in [1.82, 2.24) is 39.6 Å². The summed E-state index contributed by atoms with van der Waals surface area (Å²) in [6.45, 7) is 5.57. The molecule has 1 aromatic carbocycles. The van der Waals surface area contributed by atoms with Gasteiger partial charge < -0.3 is 44.9 Å². The number of carbonyl (C=O) groups is 2. The minimum atomic E-state index is -0.840. The van der Waals surface area contributed by atoms with Gasteiger partial charge in [0.1, 0.15) is 11.9 Å². The highest BCUT2D eigenvalue weighted by molar-refractivity contribution is 7.13. The molecular formula is C41H50N10O9S. The van der Waals surface area contributed by atoms with Crippen molar-refractivity contribution in [3.05, 3.63) is 102 Å². The van der Waals surface area contributed by atoms with E-state index >= 15 is 0 Å². The standard InChI is InChI=1S/C41H50N10O9S/c1-49-32-18-27(6-7-30(32)39(55)60-41(49)56)38(54)51-25-29(42)19-33(51)37(53)43-8-11-57-13-15-59-16-14-58-12-9-44-40-45-21-26(22-46-40)23-50-10-2-4-28(24-50)36-47-31(20-35(52)48-36)34-5-3-17-61-34/h3,5-7,17-18,20-22,28-29,33H,2,4,8-16,19,23-25,42H2,1H3,(H,43,53)(H,44,45,46)(H,47,48,52)/t28?,29-,33-/m0/s1. The first-order chi connectivity index (χ1) is 29.6. The first-order valence-corrected chi connectivity index (χ1v) is 21.1. The van der Waals surface area contributed by atoms with Crippen LogP contribution >= 0.6 is 11.3 Å². The Hall–Kier alpha value is -5.64. The number of anilines is 1. The summed E-state index contributed by atoms with van der Waals surface area (Å²) in [6.07, 6.45) is 5.93. The predicted molar refractivity (Wildman–Crippen MR) is 227 cm³/mol. The molecule has 0 spiro atoms. The minimum Gasteiger partial charge on any atom is -0.377 e. The number of fused-ring (bicyclic) bond motifs is 1. The average molecular weight is 859 g/mol. The zero-order chi connectivity index (χ0) is 42.7. The highest BCUT2D eigenvalue weighted by Gasteiger charge is 2.38. The Labute approximate surface area is 354 Å². The molecule has 2 saturated heterocycles. The van der Waals surface area contributed by atoms with Gasteiger partial charge >= 0.3 is 11.4 Å². The van der Waals surface area contributed by atoms with E-state index in [1.165, 1.54) is 30.1 Å². The van der Waals surface area contributed by atoms with E-state index in [2.05, 4.69) is 34.9 Å². The summed E-state index contributed by atoms with van der Waals surface area (Å²) in [5.41, 5.74) is 7.41. The van der Waals surface area contributed by atoms with Crippen LogP contribution in [0.4, 0.5) is 5.95 Å². The number of nitrogens with two attached hydrogens (primary N) is 1. The van der Waals surface area contributed by atoms with E-state index in [9.17, 15) is 24.0 Å². The first kappa shape index (κ1) is 43.4. The van der Waals surface area contributed by atoms with Gasteiger partial charge in [0.2, 0.25) is 11.9 Å². The Kier molecular flexibility index (Phi) is 14.8. The summed E-state index contributed by atoms with van der Waals surface area (Å²) in [5.74, 6) is -0.218. The van der Waals surface area contributed by atoms with Crippen LogP contribution in [0.15, 0.2) is 73.0 Å². The molecule has 0 radical (unpaired) electrons. The van der Waals surface area contributed by atoms with Crippen molar-refractivity contribution in [2.24, 2.45) is 12.8 Å². The lowest BCUT2D eigenvalue weighted by molar-refractivity contribution is -0.125. The number of H-pyrrole nitrogens is 1. The SMILES string of the molecule is Cn1c(=O)oc(=O)c2ccc(C(=O)N3C[C@@H](N)C[C@H]3C(=O)NCCOCCOCCOCCNc3ncc(CN4CCCC(c5nc(-c6cccs6)cc(=O)[nH]5)C4)cn3)cc21. The molecule has 7 rings (SSSR count). The van der Waals surface area contributed by atoms with Gasteiger partial charge in [0.15, 0.2) is 0 Å². The van der Waals surface area contributed by atoms with Gasteiger partial charge in [0.05, 0.1) is 61.1 Å². The number of rotatable bonds is 19. The molecular weight excluding hydrogens is 809 g/mol. The van der Waals surface area contributed by atoms with Crippen molar-refractivity contribution in [2.45, 2.75) is 43.8 Å². The summed E-state index contributed by atoms with van der Waals surface area (Å²) < 4.78 is 22.6. The zero-order valence-electron chi connectivity index (χ0n) is 33.9. The van der Waals surface area contributed by atoms with Crippen molar-refractivity contribution in [1.29, 1.82) is 0 Å². The van der Waals surface area contributed by atoms with Gasteiger partial charge in [0, 0.05) is 81.3 Å². The molecule has 5 aromatic rings. The topological polar surface area (TPSA) is 242 Å². The van der Waals surface area contributed by atoms with Crippen molar-refractivity contribution in [3.8, 4) is 10.6 Å². The summed E-state index contributed by atoms with van der Waals surface area (Å²) in [6, 6.07) is 8.66. The number of aryl methyl sites for hydroxylation is 1. The maximum atomic E-state index is 13.4. The monoisotopic (exact) mass is 858 g/mol. The van der Waals surface area contributed by atoms with Crippen LogP contribution in [0, 0.1) is 0 Å². The number of aromatic amines is 1. The van der Waals surface area contributed by atoms with Crippen LogP contribution in [0.5, 0.6) is 0 Å². The van der Waals surface area contributed by atoms with Crippen LogP contribution in [0.3, 0.4) is 0 Å². The van der Waals surface area contributed by atoms with Gasteiger partial charge in [-0.25, -0.2) is 24.5 Å². The second-order valence-corrected chi connectivity index (χ2v) is 15.9. The highest BCUT2D eigenvalue weighted by atomic mass is 32.1. The van der Waals surface area contributed by atoms with Gasteiger partial charge in [-0.3, -0.25) is 23.9 Å². The van der Waals surface area contributed by atoms with E-state index in [0.29, 0.717) is 58.5 Å². The summed E-state index contributed by atoms with van der Waals surface area (Å²) in [5, 5.41) is 8.12. The number of hydrogen-bond acceptors (Lipinski definition) is 16. The number of benzene rings is 1. The van der Waals surface area contributed by atoms with E-state index < -0.39 is 23.3 Å². The van der Waals surface area contributed by atoms with Crippen LogP contribution in [-0.4, -0.2) is 131 Å². The number of piperidine rings is 1.